The Morgan fingerprint density at radius 3 is 2.48 bits per heavy atom. The quantitative estimate of drug-likeness (QED) is 0.877. The standard InChI is InChI=1S/C21H27NO5/c1-26-17-6-4-15(5-7-17)20(8-2-3-9-20)18(23)22-12-16-13-27-11-10-21(16,14-22)19(24)25/h4-7,16H,2-3,8-14H2,1H3,(H,24,25)/t16-,21+/m1/s1. The third-order valence-corrected chi connectivity index (χ3v) is 6.93. The van der Waals surface area contributed by atoms with E-state index in [4.69, 9.17) is 9.47 Å². The second-order valence-electron chi connectivity index (χ2n) is 8.19. The SMILES string of the molecule is COc1ccc(C2(C(=O)N3C[C@@H]4COCC[C@]4(C(=O)O)C3)CCCC2)cc1. The molecule has 0 radical (unpaired) electrons. The summed E-state index contributed by atoms with van der Waals surface area (Å²) in [6.45, 7) is 1.65. The van der Waals surface area contributed by atoms with Crippen LogP contribution in [0.1, 0.15) is 37.7 Å². The molecule has 1 aliphatic carbocycles. The van der Waals surface area contributed by atoms with Crippen molar-refractivity contribution in [3.63, 3.8) is 0 Å². The lowest BCUT2D eigenvalue weighted by Crippen LogP contribution is -2.47. The molecule has 0 aromatic heterocycles. The number of carbonyl (C=O) groups is 2. The van der Waals surface area contributed by atoms with Gasteiger partial charge in [-0.1, -0.05) is 25.0 Å². The lowest BCUT2D eigenvalue weighted by atomic mass is 9.74. The molecule has 1 amide bonds. The molecule has 2 saturated heterocycles. The number of carboxylic acids is 1. The molecule has 1 aromatic rings. The van der Waals surface area contributed by atoms with Crippen LogP contribution in [-0.4, -0.2) is 55.3 Å². The molecular weight excluding hydrogens is 346 g/mol. The highest BCUT2D eigenvalue weighted by atomic mass is 16.5. The Balaban J connectivity index is 1.64. The maximum absolute atomic E-state index is 13.7. The van der Waals surface area contributed by atoms with Gasteiger partial charge in [0.05, 0.1) is 24.5 Å². The first kappa shape index (κ1) is 18.3. The summed E-state index contributed by atoms with van der Waals surface area (Å²) in [6, 6.07) is 7.78. The van der Waals surface area contributed by atoms with Crippen molar-refractivity contribution >= 4 is 11.9 Å². The van der Waals surface area contributed by atoms with Crippen LogP contribution < -0.4 is 4.74 Å². The van der Waals surface area contributed by atoms with Crippen molar-refractivity contribution in [2.45, 2.75) is 37.5 Å². The van der Waals surface area contributed by atoms with Crippen LogP contribution in [0, 0.1) is 11.3 Å². The highest BCUT2D eigenvalue weighted by molar-refractivity contribution is 5.90. The number of carboxylic acid groups (broad SMARTS) is 1. The van der Waals surface area contributed by atoms with Crippen molar-refractivity contribution in [2.75, 3.05) is 33.4 Å². The van der Waals surface area contributed by atoms with Gasteiger partial charge < -0.3 is 19.5 Å². The number of amides is 1. The Labute approximate surface area is 159 Å². The summed E-state index contributed by atoms with van der Waals surface area (Å²) in [5.41, 5.74) is -0.380. The molecule has 2 atom stereocenters. The minimum Gasteiger partial charge on any atom is -0.497 e. The van der Waals surface area contributed by atoms with Crippen molar-refractivity contribution in [3.05, 3.63) is 29.8 Å². The average Bonchev–Trinajstić information content (AvgIpc) is 3.34. The van der Waals surface area contributed by atoms with Gasteiger partial charge in [-0.25, -0.2) is 0 Å². The first-order valence-corrected chi connectivity index (χ1v) is 9.77. The molecular formula is C21H27NO5. The summed E-state index contributed by atoms with van der Waals surface area (Å²) in [5, 5.41) is 9.90. The summed E-state index contributed by atoms with van der Waals surface area (Å²) in [5.74, 6) is -0.0632. The average molecular weight is 373 g/mol. The van der Waals surface area contributed by atoms with Crippen LogP contribution >= 0.6 is 0 Å². The van der Waals surface area contributed by atoms with Gasteiger partial charge in [0.15, 0.2) is 0 Å². The van der Waals surface area contributed by atoms with E-state index in [0.717, 1.165) is 37.0 Å². The summed E-state index contributed by atoms with van der Waals surface area (Å²) in [7, 11) is 1.63. The van der Waals surface area contributed by atoms with E-state index in [9.17, 15) is 14.7 Å². The summed E-state index contributed by atoms with van der Waals surface area (Å²) in [6.07, 6.45) is 4.14. The second-order valence-corrected chi connectivity index (χ2v) is 8.19. The topological polar surface area (TPSA) is 76.1 Å². The van der Waals surface area contributed by atoms with Crippen LogP contribution in [0.2, 0.25) is 0 Å². The first-order chi connectivity index (χ1) is 13.0. The normalized spacial score (nSPS) is 29.4. The molecule has 1 N–H and O–H groups in total. The van der Waals surface area contributed by atoms with Gasteiger partial charge in [-0.15, -0.1) is 0 Å². The van der Waals surface area contributed by atoms with Crippen molar-refractivity contribution in [1.82, 2.24) is 4.90 Å². The number of aliphatic carboxylic acids is 1. The number of nitrogens with zero attached hydrogens (tertiary/aromatic N) is 1. The molecule has 27 heavy (non-hydrogen) atoms. The molecule has 2 heterocycles. The number of likely N-dealkylation sites (tertiary alicyclic amines) is 1. The van der Waals surface area contributed by atoms with E-state index in [1.807, 2.05) is 29.2 Å². The van der Waals surface area contributed by atoms with Crippen molar-refractivity contribution in [1.29, 1.82) is 0 Å². The Morgan fingerprint density at radius 1 is 1.19 bits per heavy atom. The van der Waals surface area contributed by atoms with Crippen LogP contribution in [-0.2, 0) is 19.7 Å². The fourth-order valence-electron chi connectivity index (χ4n) is 5.27. The van der Waals surface area contributed by atoms with Gasteiger partial charge in [0.1, 0.15) is 5.75 Å². The number of benzene rings is 1. The summed E-state index contributed by atoms with van der Waals surface area (Å²) in [4.78, 5) is 27.6. The molecule has 1 aromatic carbocycles. The van der Waals surface area contributed by atoms with E-state index in [2.05, 4.69) is 0 Å². The van der Waals surface area contributed by atoms with Crippen LogP contribution in [0.3, 0.4) is 0 Å². The number of fused-ring (bicyclic) bond motifs is 1. The van der Waals surface area contributed by atoms with E-state index >= 15 is 0 Å². The molecule has 2 aliphatic heterocycles. The minimum absolute atomic E-state index is 0.0835. The zero-order valence-electron chi connectivity index (χ0n) is 15.8. The number of carbonyl (C=O) groups excluding carboxylic acids is 1. The van der Waals surface area contributed by atoms with Crippen molar-refractivity contribution in [3.8, 4) is 5.75 Å². The second kappa shape index (κ2) is 6.82. The fourth-order valence-corrected chi connectivity index (χ4v) is 5.27. The number of ether oxygens (including phenoxy) is 2. The molecule has 0 spiro atoms. The monoisotopic (exact) mass is 373 g/mol. The molecule has 0 bridgehead atoms. The predicted octanol–water partition coefficient (Wildman–Crippen LogP) is 2.46. The van der Waals surface area contributed by atoms with Gasteiger partial charge in [0.2, 0.25) is 5.91 Å². The number of hydrogen-bond acceptors (Lipinski definition) is 4. The fraction of sp³-hybridized carbons (Fsp3) is 0.619. The van der Waals surface area contributed by atoms with E-state index < -0.39 is 16.8 Å². The van der Waals surface area contributed by atoms with E-state index in [-0.39, 0.29) is 11.8 Å². The van der Waals surface area contributed by atoms with Crippen LogP contribution in [0.25, 0.3) is 0 Å². The largest absolute Gasteiger partial charge is 0.497 e. The van der Waals surface area contributed by atoms with Gasteiger partial charge in [-0.05, 0) is 37.0 Å². The minimum atomic E-state index is -0.854. The van der Waals surface area contributed by atoms with Gasteiger partial charge >= 0.3 is 5.97 Å². The lowest BCUT2D eigenvalue weighted by Gasteiger charge is -2.35. The maximum atomic E-state index is 13.7. The van der Waals surface area contributed by atoms with Crippen LogP contribution in [0.4, 0.5) is 0 Å². The zero-order valence-corrected chi connectivity index (χ0v) is 15.8. The Kier molecular flexibility index (Phi) is 4.62. The van der Waals surface area contributed by atoms with Crippen LogP contribution in [0.15, 0.2) is 24.3 Å². The molecule has 4 rings (SSSR count). The molecule has 1 saturated carbocycles. The van der Waals surface area contributed by atoms with Gasteiger partial charge in [0, 0.05) is 25.6 Å². The van der Waals surface area contributed by atoms with Gasteiger partial charge in [-0.2, -0.15) is 0 Å². The Morgan fingerprint density at radius 2 is 1.89 bits per heavy atom. The zero-order chi connectivity index (χ0) is 19.1. The lowest BCUT2D eigenvalue weighted by molar-refractivity contribution is -0.157. The summed E-state index contributed by atoms with van der Waals surface area (Å²) >= 11 is 0. The number of hydrogen-bond donors (Lipinski definition) is 1. The smallest absolute Gasteiger partial charge is 0.311 e. The Hall–Kier alpha value is -2.08. The molecule has 3 fully saturated rings. The van der Waals surface area contributed by atoms with Crippen LogP contribution in [0.5, 0.6) is 5.75 Å². The maximum Gasteiger partial charge on any atom is 0.311 e. The van der Waals surface area contributed by atoms with Gasteiger partial charge in [0.25, 0.3) is 0 Å². The first-order valence-electron chi connectivity index (χ1n) is 9.77. The third kappa shape index (κ3) is 2.81. The van der Waals surface area contributed by atoms with E-state index in [0.29, 0.717) is 32.7 Å². The number of methoxy groups -OCH3 is 1. The molecule has 0 unspecified atom stereocenters. The van der Waals surface area contributed by atoms with E-state index in [1.165, 1.54) is 0 Å². The van der Waals surface area contributed by atoms with Crippen molar-refractivity contribution in [2.24, 2.45) is 11.3 Å². The Bertz CT molecular complexity index is 725. The van der Waals surface area contributed by atoms with Crippen molar-refractivity contribution < 1.29 is 24.2 Å². The summed E-state index contributed by atoms with van der Waals surface area (Å²) < 4.78 is 10.8. The molecule has 6 heteroatoms. The highest BCUT2D eigenvalue weighted by Crippen LogP contribution is 2.47. The predicted molar refractivity (Wildman–Crippen MR) is 98.7 cm³/mol. The van der Waals surface area contributed by atoms with Gasteiger partial charge in [-0.3, -0.25) is 9.59 Å². The number of rotatable bonds is 4. The molecule has 3 aliphatic rings. The molecule has 146 valence electrons. The third-order valence-electron chi connectivity index (χ3n) is 6.93. The van der Waals surface area contributed by atoms with E-state index in [1.54, 1.807) is 7.11 Å². The molecule has 6 nitrogen and oxygen atoms in total. The highest BCUT2D eigenvalue weighted by Gasteiger charge is 2.57.